The standard InChI is InChI=1S/C15H13Cl2N/c16-13-6-3-5-11(15(13)17)9-12-8-10-4-1-2-7-14(10)18-12/h1-7,12,18H,8-9H2. The van der Waals surface area contributed by atoms with Gasteiger partial charge in [-0.05, 0) is 36.1 Å². The lowest BCUT2D eigenvalue weighted by molar-refractivity contribution is 0.746. The fraction of sp³-hybridized carbons (Fsp3) is 0.200. The molecule has 92 valence electrons. The van der Waals surface area contributed by atoms with E-state index >= 15 is 0 Å². The highest BCUT2D eigenvalue weighted by molar-refractivity contribution is 6.42. The Morgan fingerprint density at radius 1 is 1.06 bits per heavy atom. The van der Waals surface area contributed by atoms with E-state index in [0.29, 0.717) is 16.1 Å². The molecule has 0 aliphatic carbocycles. The van der Waals surface area contributed by atoms with Crippen LogP contribution in [0.25, 0.3) is 0 Å². The van der Waals surface area contributed by atoms with Crippen molar-refractivity contribution < 1.29 is 0 Å². The smallest absolute Gasteiger partial charge is 0.0625 e. The first-order chi connectivity index (χ1) is 8.74. The minimum Gasteiger partial charge on any atom is -0.381 e. The summed E-state index contributed by atoms with van der Waals surface area (Å²) in [5, 5.41) is 4.83. The maximum atomic E-state index is 6.22. The number of hydrogen-bond acceptors (Lipinski definition) is 1. The van der Waals surface area contributed by atoms with E-state index in [1.807, 2.05) is 18.2 Å². The summed E-state index contributed by atoms with van der Waals surface area (Å²) in [6, 6.07) is 14.6. The molecular weight excluding hydrogens is 265 g/mol. The summed E-state index contributed by atoms with van der Waals surface area (Å²) in [6.07, 6.45) is 1.94. The molecule has 0 fully saturated rings. The minimum absolute atomic E-state index is 0.401. The molecule has 0 bridgehead atoms. The van der Waals surface area contributed by atoms with Crippen LogP contribution in [-0.4, -0.2) is 6.04 Å². The third kappa shape index (κ3) is 2.21. The van der Waals surface area contributed by atoms with Gasteiger partial charge in [0.2, 0.25) is 0 Å². The Kier molecular flexibility index (Phi) is 3.19. The fourth-order valence-corrected chi connectivity index (χ4v) is 2.87. The van der Waals surface area contributed by atoms with E-state index in [2.05, 4.69) is 29.6 Å². The van der Waals surface area contributed by atoms with E-state index in [1.165, 1.54) is 11.3 Å². The van der Waals surface area contributed by atoms with Crippen molar-refractivity contribution in [3.8, 4) is 0 Å². The highest BCUT2D eigenvalue weighted by Crippen LogP contribution is 2.30. The van der Waals surface area contributed by atoms with E-state index in [9.17, 15) is 0 Å². The van der Waals surface area contributed by atoms with E-state index < -0.39 is 0 Å². The van der Waals surface area contributed by atoms with Gasteiger partial charge in [-0.15, -0.1) is 0 Å². The van der Waals surface area contributed by atoms with Crippen LogP contribution in [0.5, 0.6) is 0 Å². The van der Waals surface area contributed by atoms with Crippen molar-refractivity contribution >= 4 is 28.9 Å². The van der Waals surface area contributed by atoms with Gasteiger partial charge in [0.15, 0.2) is 0 Å². The normalized spacial score (nSPS) is 17.3. The number of halogens is 2. The van der Waals surface area contributed by atoms with Gasteiger partial charge in [0.25, 0.3) is 0 Å². The van der Waals surface area contributed by atoms with Crippen molar-refractivity contribution in [3.05, 3.63) is 63.6 Å². The molecule has 1 aliphatic rings. The van der Waals surface area contributed by atoms with E-state index in [1.54, 1.807) is 0 Å². The summed E-state index contributed by atoms with van der Waals surface area (Å²) in [7, 11) is 0. The average molecular weight is 278 g/mol. The van der Waals surface area contributed by atoms with Crippen LogP contribution in [0.2, 0.25) is 10.0 Å². The van der Waals surface area contributed by atoms with Gasteiger partial charge >= 0.3 is 0 Å². The van der Waals surface area contributed by atoms with Crippen LogP contribution in [0.1, 0.15) is 11.1 Å². The molecule has 0 aromatic heterocycles. The molecule has 1 N–H and O–H groups in total. The summed E-state index contributed by atoms with van der Waals surface area (Å²) in [6.45, 7) is 0. The highest BCUT2D eigenvalue weighted by atomic mass is 35.5. The van der Waals surface area contributed by atoms with Gasteiger partial charge in [-0.2, -0.15) is 0 Å². The summed E-state index contributed by atoms with van der Waals surface area (Å²) in [5.74, 6) is 0. The molecule has 0 radical (unpaired) electrons. The van der Waals surface area contributed by atoms with Crippen molar-refractivity contribution in [3.63, 3.8) is 0 Å². The van der Waals surface area contributed by atoms with Crippen LogP contribution in [0, 0.1) is 0 Å². The number of para-hydroxylation sites is 1. The third-order valence-corrected chi connectivity index (χ3v) is 4.20. The van der Waals surface area contributed by atoms with Crippen LogP contribution >= 0.6 is 23.2 Å². The van der Waals surface area contributed by atoms with Gasteiger partial charge < -0.3 is 5.32 Å². The SMILES string of the molecule is Clc1cccc(CC2Cc3ccccc3N2)c1Cl. The lowest BCUT2D eigenvalue weighted by atomic mass is 10.0. The zero-order chi connectivity index (χ0) is 12.5. The molecule has 0 spiro atoms. The molecule has 1 nitrogen and oxygen atoms in total. The third-order valence-electron chi connectivity index (χ3n) is 3.34. The zero-order valence-electron chi connectivity index (χ0n) is 9.79. The molecule has 0 saturated carbocycles. The minimum atomic E-state index is 0.401. The molecule has 0 amide bonds. The Hall–Kier alpha value is -1.18. The molecule has 1 aliphatic heterocycles. The molecule has 18 heavy (non-hydrogen) atoms. The van der Waals surface area contributed by atoms with E-state index in [-0.39, 0.29) is 0 Å². The van der Waals surface area contributed by atoms with Crippen LogP contribution in [0.15, 0.2) is 42.5 Å². The first-order valence-corrected chi connectivity index (χ1v) is 6.77. The van der Waals surface area contributed by atoms with Gasteiger partial charge in [0.1, 0.15) is 0 Å². The van der Waals surface area contributed by atoms with Crippen molar-refractivity contribution in [2.24, 2.45) is 0 Å². The van der Waals surface area contributed by atoms with Crippen molar-refractivity contribution in [2.75, 3.05) is 5.32 Å². The molecule has 1 unspecified atom stereocenters. The van der Waals surface area contributed by atoms with Crippen LogP contribution in [-0.2, 0) is 12.8 Å². The lowest BCUT2D eigenvalue weighted by Gasteiger charge is -2.13. The average Bonchev–Trinajstić information content (AvgIpc) is 2.77. The molecular formula is C15H13Cl2N. The van der Waals surface area contributed by atoms with Gasteiger partial charge in [-0.1, -0.05) is 53.5 Å². The lowest BCUT2D eigenvalue weighted by Crippen LogP contribution is -2.18. The Bertz CT molecular complexity index is 555. The van der Waals surface area contributed by atoms with E-state index in [4.69, 9.17) is 23.2 Å². The quantitative estimate of drug-likeness (QED) is 0.848. The number of rotatable bonds is 2. The monoisotopic (exact) mass is 277 g/mol. The van der Waals surface area contributed by atoms with Gasteiger partial charge in [-0.25, -0.2) is 0 Å². The van der Waals surface area contributed by atoms with Crippen molar-refractivity contribution in [1.29, 1.82) is 0 Å². The summed E-state index contributed by atoms with van der Waals surface area (Å²) in [5.41, 5.74) is 3.72. The van der Waals surface area contributed by atoms with Crippen LogP contribution in [0.4, 0.5) is 5.69 Å². The second kappa shape index (κ2) is 4.83. The summed E-state index contributed by atoms with van der Waals surface area (Å²) in [4.78, 5) is 0. The molecule has 2 aromatic rings. The van der Waals surface area contributed by atoms with Crippen LogP contribution in [0.3, 0.4) is 0 Å². The Morgan fingerprint density at radius 3 is 2.72 bits per heavy atom. The predicted molar refractivity (Wildman–Crippen MR) is 77.7 cm³/mol. The second-order valence-electron chi connectivity index (χ2n) is 4.62. The Balaban J connectivity index is 1.78. The molecule has 1 atom stereocenters. The summed E-state index contributed by atoms with van der Waals surface area (Å²) < 4.78 is 0. The molecule has 3 rings (SSSR count). The zero-order valence-corrected chi connectivity index (χ0v) is 11.3. The number of fused-ring (bicyclic) bond motifs is 1. The first-order valence-electron chi connectivity index (χ1n) is 6.01. The second-order valence-corrected chi connectivity index (χ2v) is 5.40. The number of anilines is 1. The van der Waals surface area contributed by atoms with Crippen molar-refractivity contribution in [2.45, 2.75) is 18.9 Å². The van der Waals surface area contributed by atoms with Gasteiger partial charge in [0.05, 0.1) is 10.0 Å². The summed E-state index contributed by atoms with van der Waals surface area (Å²) >= 11 is 12.3. The topological polar surface area (TPSA) is 12.0 Å². The maximum absolute atomic E-state index is 6.22. The molecule has 2 aromatic carbocycles. The largest absolute Gasteiger partial charge is 0.381 e. The number of nitrogens with one attached hydrogen (secondary N) is 1. The molecule has 3 heteroatoms. The van der Waals surface area contributed by atoms with Gasteiger partial charge in [0, 0.05) is 11.7 Å². The molecule has 0 saturated heterocycles. The Labute approximate surface area is 117 Å². The predicted octanol–water partition coefficient (Wildman–Crippen LogP) is 4.57. The van der Waals surface area contributed by atoms with Gasteiger partial charge in [-0.3, -0.25) is 0 Å². The first kappa shape index (κ1) is 11.9. The van der Waals surface area contributed by atoms with Crippen LogP contribution < -0.4 is 5.32 Å². The number of hydrogen-bond donors (Lipinski definition) is 1. The van der Waals surface area contributed by atoms with E-state index in [0.717, 1.165) is 18.4 Å². The Morgan fingerprint density at radius 2 is 1.89 bits per heavy atom. The highest BCUT2D eigenvalue weighted by Gasteiger charge is 2.21. The van der Waals surface area contributed by atoms with Crippen molar-refractivity contribution in [1.82, 2.24) is 0 Å². The number of benzene rings is 2. The fourth-order valence-electron chi connectivity index (χ4n) is 2.47. The molecule has 1 heterocycles. The maximum Gasteiger partial charge on any atom is 0.0625 e.